The highest BCUT2D eigenvalue weighted by atomic mass is 19.4. The Morgan fingerprint density at radius 2 is 1.95 bits per heavy atom. The van der Waals surface area contributed by atoms with Gasteiger partial charge in [-0.3, -0.25) is 4.79 Å². The molecule has 2 atom stereocenters. The van der Waals surface area contributed by atoms with Crippen molar-refractivity contribution in [3.63, 3.8) is 0 Å². The van der Waals surface area contributed by atoms with Crippen LogP contribution in [0.4, 0.5) is 24.9 Å². The molecular weight excluding hydrogens is 571 g/mol. The molecule has 3 aromatic rings. The van der Waals surface area contributed by atoms with Gasteiger partial charge in [0.15, 0.2) is 0 Å². The number of carboxylic acid groups (broad SMARTS) is 1. The number of hydrogen-bond donors (Lipinski definition) is 3. The third-order valence-corrected chi connectivity index (χ3v) is 7.84. The maximum absolute atomic E-state index is 14.6. The van der Waals surface area contributed by atoms with Crippen LogP contribution in [0, 0.1) is 12.3 Å². The number of halogens is 3. The number of esters is 1. The number of nitrogens with one attached hydrogen (secondary N) is 1. The topological polar surface area (TPSA) is 158 Å². The lowest BCUT2D eigenvalue weighted by Crippen LogP contribution is -2.41. The van der Waals surface area contributed by atoms with Gasteiger partial charge in [-0.25, -0.2) is 9.48 Å². The molecule has 5 rings (SSSR count). The van der Waals surface area contributed by atoms with E-state index in [1.54, 1.807) is 19.9 Å². The van der Waals surface area contributed by atoms with E-state index >= 15 is 0 Å². The fourth-order valence-corrected chi connectivity index (χ4v) is 5.62. The summed E-state index contributed by atoms with van der Waals surface area (Å²) in [5.74, 6) is -1.91. The van der Waals surface area contributed by atoms with Gasteiger partial charge in [-0.2, -0.15) is 28.2 Å². The van der Waals surface area contributed by atoms with Crippen molar-refractivity contribution in [1.29, 1.82) is 0 Å². The molecule has 0 unspecified atom stereocenters. The fraction of sp³-hybridized carbons (Fsp3) is 0.464. The van der Waals surface area contributed by atoms with Gasteiger partial charge in [-0.1, -0.05) is 6.07 Å². The SMILES string of the molecule is CCOC(=O)c1ccc([C@@H](Oc2cc(N3CCC4(CC3)CN[C@H](C(=O)O)C4)nc(N)n2)C(F)(F)F)c(-n2ccc(C)n2)c1. The molecule has 230 valence electrons. The van der Waals surface area contributed by atoms with Crippen LogP contribution in [0.5, 0.6) is 5.88 Å². The van der Waals surface area contributed by atoms with Crippen LogP contribution in [0.15, 0.2) is 36.5 Å². The molecule has 2 saturated heterocycles. The summed E-state index contributed by atoms with van der Waals surface area (Å²) >= 11 is 0. The number of nitrogens with two attached hydrogens (primary N) is 1. The number of carboxylic acids is 1. The van der Waals surface area contributed by atoms with Crippen LogP contribution in [0.25, 0.3) is 5.69 Å². The van der Waals surface area contributed by atoms with E-state index < -0.39 is 30.3 Å². The third-order valence-electron chi connectivity index (χ3n) is 7.84. The molecule has 43 heavy (non-hydrogen) atoms. The molecule has 4 N–H and O–H groups in total. The molecule has 2 aromatic heterocycles. The highest BCUT2D eigenvalue weighted by Gasteiger charge is 2.46. The van der Waals surface area contributed by atoms with Crippen LogP contribution in [0.1, 0.15) is 53.9 Å². The van der Waals surface area contributed by atoms with Crippen molar-refractivity contribution < 1.29 is 37.3 Å². The number of hydrogen-bond acceptors (Lipinski definition) is 10. The highest BCUT2D eigenvalue weighted by Crippen LogP contribution is 2.42. The summed E-state index contributed by atoms with van der Waals surface area (Å²) in [6, 6.07) is 6.01. The second-order valence-corrected chi connectivity index (χ2v) is 10.8. The molecule has 0 amide bonds. The van der Waals surface area contributed by atoms with Crippen LogP contribution >= 0.6 is 0 Å². The van der Waals surface area contributed by atoms with Crippen molar-refractivity contribution in [2.75, 3.05) is 36.9 Å². The van der Waals surface area contributed by atoms with E-state index in [1.165, 1.54) is 29.1 Å². The maximum Gasteiger partial charge on any atom is 0.429 e. The first-order chi connectivity index (χ1) is 20.4. The Morgan fingerprint density at radius 1 is 1.21 bits per heavy atom. The van der Waals surface area contributed by atoms with Gasteiger partial charge in [0, 0.05) is 37.5 Å². The normalized spacial score (nSPS) is 18.9. The molecule has 2 aliphatic heterocycles. The minimum absolute atomic E-state index is 0.0191. The number of aryl methyl sites for hydroxylation is 1. The quantitative estimate of drug-likeness (QED) is 0.324. The first-order valence-corrected chi connectivity index (χ1v) is 13.8. The summed E-state index contributed by atoms with van der Waals surface area (Å²) in [4.78, 5) is 33.8. The van der Waals surface area contributed by atoms with E-state index in [9.17, 15) is 27.9 Å². The molecule has 2 aliphatic rings. The number of anilines is 2. The van der Waals surface area contributed by atoms with Crippen molar-refractivity contribution in [2.45, 2.75) is 51.4 Å². The predicted molar refractivity (Wildman–Crippen MR) is 148 cm³/mol. The molecule has 2 fully saturated rings. The van der Waals surface area contributed by atoms with Crippen molar-refractivity contribution in [2.24, 2.45) is 5.41 Å². The molecule has 0 aliphatic carbocycles. The Hall–Kier alpha value is -4.40. The van der Waals surface area contributed by atoms with Gasteiger partial charge in [0.2, 0.25) is 17.9 Å². The Kier molecular flexibility index (Phi) is 8.18. The molecule has 0 radical (unpaired) electrons. The monoisotopic (exact) mass is 603 g/mol. The van der Waals surface area contributed by atoms with Gasteiger partial charge in [-0.05, 0) is 56.7 Å². The fourth-order valence-electron chi connectivity index (χ4n) is 5.62. The van der Waals surface area contributed by atoms with Crippen LogP contribution in [0.3, 0.4) is 0 Å². The van der Waals surface area contributed by atoms with E-state index in [2.05, 4.69) is 20.4 Å². The second kappa shape index (κ2) is 11.7. The molecule has 1 spiro atoms. The zero-order chi connectivity index (χ0) is 30.9. The number of nitrogens with zero attached hydrogens (tertiary/aromatic N) is 5. The number of carbonyl (C=O) groups excluding carboxylic acids is 1. The number of rotatable bonds is 8. The third kappa shape index (κ3) is 6.50. The Bertz CT molecular complexity index is 1500. The Balaban J connectivity index is 1.43. The number of benzene rings is 1. The smallest absolute Gasteiger partial charge is 0.429 e. The average molecular weight is 604 g/mol. The van der Waals surface area contributed by atoms with E-state index in [-0.39, 0.29) is 40.7 Å². The molecular formula is C28H32F3N7O5. The van der Waals surface area contributed by atoms with Crippen LogP contribution in [0.2, 0.25) is 0 Å². The zero-order valence-electron chi connectivity index (χ0n) is 23.6. The molecule has 1 aromatic carbocycles. The van der Waals surface area contributed by atoms with Gasteiger partial charge in [0.05, 0.1) is 23.6 Å². The van der Waals surface area contributed by atoms with Crippen molar-refractivity contribution in [1.82, 2.24) is 25.1 Å². The lowest BCUT2D eigenvalue weighted by atomic mass is 9.76. The lowest BCUT2D eigenvalue weighted by molar-refractivity contribution is -0.198. The predicted octanol–water partition coefficient (Wildman–Crippen LogP) is 3.45. The Labute approximate surface area is 245 Å². The minimum Gasteiger partial charge on any atom is -0.480 e. The summed E-state index contributed by atoms with van der Waals surface area (Å²) in [6.07, 6.45) is -4.04. The van der Waals surface area contributed by atoms with Crippen LogP contribution in [-0.2, 0) is 9.53 Å². The van der Waals surface area contributed by atoms with E-state index in [0.29, 0.717) is 50.4 Å². The molecule has 4 heterocycles. The number of ether oxygens (including phenoxy) is 2. The first-order valence-electron chi connectivity index (χ1n) is 13.8. The Morgan fingerprint density at radius 3 is 2.56 bits per heavy atom. The van der Waals surface area contributed by atoms with Crippen LogP contribution < -0.4 is 20.7 Å². The largest absolute Gasteiger partial charge is 0.480 e. The number of piperidine rings is 1. The molecule has 0 bridgehead atoms. The summed E-state index contributed by atoms with van der Waals surface area (Å²) in [5.41, 5.74) is 6.03. The van der Waals surface area contributed by atoms with Gasteiger partial charge in [0.1, 0.15) is 11.9 Å². The van der Waals surface area contributed by atoms with Crippen molar-refractivity contribution in [3.05, 3.63) is 53.3 Å². The summed E-state index contributed by atoms with van der Waals surface area (Å²) in [5, 5.41) is 16.6. The van der Waals surface area contributed by atoms with Gasteiger partial charge < -0.3 is 30.5 Å². The molecule has 0 saturated carbocycles. The van der Waals surface area contributed by atoms with Crippen LogP contribution in [-0.4, -0.2) is 75.3 Å². The van der Waals surface area contributed by atoms with E-state index in [0.717, 1.165) is 6.07 Å². The van der Waals surface area contributed by atoms with Gasteiger partial charge in [-0.15, -0.1) is 0 Å². The number of aromatic nitrogens is 4. The summed E-state index contributed by atoms with van der Waals surface area (Å²) < 4.78 is 55.6. The number of carbonyl (C=O) groups is 2. The van der Waals surface area contributed by atoms with Gasteiger partial charge >= 0.3 is 18.1 Å². The lowest BCUT2D eigenvalue weighted by Gasteiger charge is -2.39. The number of nitrogen functional groups attached to an aromatic ring is 1. The average Bonchev–Trinajstić information content (AvgIpc) is 3.58. The second-order valence-electron chi connectivity index (χ2n) is 10.8. The van der Waals surface area contributed by atoms with E-state index in [1.807, 2.05) is 4.90 Å². The zero-order valence-corrected chi connectivity index (χ0v) is 23.6. The molecule has 12 nitrogen and oxygen atoms in total. The highest BCUT2D eigenvalue weighted by molar-refractivity contribution is 5.90. The van der Waals surface area contributed by atoms with Crippen molar-refractivity contribution >= 4 is 23.7 Å². The van der Waals surface area contributed by atoms with Gasteiger partial charge in [0.25, 0.3) is 0 Å². The maximum atomic E-state index is 14.6. The molecule has 15 heteroatoms. The first kappa shape index (κ1) is 30.1. The minimum atomic E-state index is -4.89. The van der Waals surface area contributed by atoms with E-state index in [4.69, 9.17) is 15.2 Å². The van der Waals surface area contributed by atoms with Crippen molar-refractivity contribution in [3.8, 4) is 11.6 Å². The standard InChI is InChI=1S/C28H32F3N7O5/c1-3-42-25(41)17-4-5-18(20(12-17)38-9-6-16(2)36-38)23(28(29,30)31)43-22-13-21(34-26(32)35-22)37-10-7-27(8-11-37)14-19(24(39)40)33-15-27/h4-6,9,12-13,19,23,33H,3,7-8,10-11,14-15H2,1-2H3,(H,39,40)(H2,32,34,35)/t19-,23+/m0/s1. The number of aliphatic carboxylic acids is 1. The summed E-state index contributed by atoms with van der Waals surface area (Å²) in [6.45, 7) is 5.00. The summed E-state index contributed by atoms with van der Waals surface area (Å²) in [7, 11) is 0. The number of alkyl halides is 3.